The number of carbonyl (C=O) groups is 1. The second-order valence-electron chi connectivity index (χ2n) is 2.58. The molecule has 1 aromatic carbocycles. The zero-order valence-electron chi connectivity index (χ0n) is 8.00. The molecule has 4 heteroatoms. The molecule has 0 aliphatic heterocycles. The molecule has 0 saturated carbocycles. The second kappa shape index (κ2) is 4.28. The third-order valence-corrected chi connectivity index (χ3v) is 1.84. The van der Waals surface area contributed by atoms with Crippen molar-refractivity contribution in [3.8, 4) is 6.07 Å². The molecule has 1 aromatic rings. The fraction of sp³-hybridized carbons (Fsp3) is 0.200. The Morgan fingerprint density at radius 1 is 1.57 bits per heavy atom. The lowest BCUT2D eigenvalue weighted by atomic mass is 10.1. The Kier molecular flexibility index (Phi) is 3.08. The zero-order valence-corrected chi connectivity index (χ0v) is 8.00. The SMILES string of the molecule is CNc1cccc(C#N)c1C(=O)OC. The maximum atomic E-state index is 11.4. The summed E-state index contributed by atoms with van der Waals surface area (Å²) in [6.07, 6.45) is 0. The normalized spacial score (nSPS) is 8.93. The molecule has 0 aliphatic rings. The summed E-state index contributed by atoms with van der Waals surface area (Å²) in [5.74, 6) is -0.508. The number of rotatable bonds is 2. The third-order valence-electron chi connectivity index (χ3n) is 1.84. The first-order valence-corrected chi connectivity index (χ1v) is 4.03. The van der Waals surface area contributed by atoms with E-state index in [1.54, 1.807) is 25.2 Å². The largest absolute Gasteiger partial charge is 0.465 e. The second-order valence-corrected chi connectivity index (χ2v) is 2.58. The van der Waals surface area contributed by atoms with E-state index >= 15 is 0 Å². The average Bonchev–Trinajstić information content (AvgIpc) is 2.26. The number of nitrogens with one attached hydrogen (secondary N) is 1. The van der Waals surface area contributed by atoms with Crippen molar-refractivity contribution >= 4 is 11.7 Å². The van der Waals surface area contributed by atoms with Crippen molar-refractivity contribution in [3.05, 3.63) is 29.3 Å². The van der Waals surface area contributed by atoms with Crippen molar-refractivity contribution < 1.29 is 9.53 Å². The van der Waals surface area contributed by atoms with Crippen LogP contribution in [0.25, 0.3) is 0 Å². The van der Waals surface area contributed by atoms with Crippen molar-refractivity contribution in [2.24, 2.45) is 0 Å². The predicted octanol–water partition coefficient (Wildman–Crippen LogP) is 1.39. The van der Waals surface area contributed by atoms with Crippen LogP contribution in [0, 0.1) is 11.3 Å². The van der Waals surface area contributed by atoms with Crippen LogP contribution in [-0.4, -0.2) is 20.1 Å². The highest BCUT2D eigenvalue weighted by Gasteiger charge is 2.15. The Hall–Kier alpha value is -2.02. The van der Waals surface area contributed by atoms with Crippen molar-refractivity contribution in [3.63, 3.8) is 0 Å². The number of hydrogen-bond acceptors (Lipinski definition) is 4. The van der Waals surface area contributed by atoms with Gasteiger partial charge in [-0.05, 0) is 12.1 Å². The molecule has 0 atom stereocenters. The molecular formula is C10H10N2O2. The van der Waals surface area contributed by atoms with Gasteiger partial charge in [-0.1, -0.05) is 6.07 Å². The van der Waals surface area contributed by atoms with Gasteiger partial charge >= 0.3 is 5.97 Å². The molecule has 4 nitrogen and oxygen atoms in total. The number of nitriles is 1. The van der Waals surface area contributed by atoms with Crippen molar-refractivity contribution in [2.75, 3.05) is 19.5 Å². The molecule has 0 radical (unpaired) electrons. The smallest absolute Gasteiger partial charge is 0.341 e. The molecule has 0 amide bonds. The summed E-state index contributed by atoms with van der Waals surface area (Å²) in [7, 11) is 2.97. The van der Waals surface area contributed by atoms with Gasteiger partial charge in [-0.2, -0.15) is 5.26 Å². The summed E-state index contributed by atoms with van der Waals surface area (Å²) in [6.45, 7) is 0. The van der Waals surface area contributed by atoms with E-state index in [2.05, 4.69) is 10.1 Å². The van der Waals surface area contributed by atoms with Crippen LogP contribution >= 0.6 is 0 Å². The van der Waals surface area contributed by atoms with Crippen LogP contribution in [0.15, 0.2) is 18.2 Å². The first-order valence-electron chi connectivity index (χ1n) is 4.03. The first kappa shape index (κ1) is 10.1. The van der Waals surface area contributed by atoms with Crippen LogP contribution in [-0.2, 0) is 4.74 Å². The van der Waals surface area contributed by atoms with Gasteiger partial charge in [0.15, 0.2) is 0 Å². The molecule has 0 saturated heterocycles. The van der Waals surface area contributed by atoms with Gasteiger partial charge in [0.25, 0.3) is 0 Å². The summed E-state index contributed by atoms with van der Waals surface area (Å²) in [4.78, 5) is 11.4. The van der Waals surface area contributed by atoms with E-state index in [1.165, 1.54) is 7.11 Å². The highest BCUT2D eigenvalue weighted by Crippen LogP contribution is 2.19. The van der Waals surface area contributed by atoms with E-state index in [1.807, 2.05) is 6.07 Å². The van der Waals surface area contributed by atoms with Gasteiger partial charge in [0, 0.05) is 12.7 Å². The molecule has 0 fully saturated rings. The Morgan fingerprint density at radius 3 is 2.79 bits per heavy atom. The number of benzene rings is 1. The summed E-state index contributed by atoms with van der Waals surface area (Å²) >= 11 is 0. The van der Waals surface area contributed by atoms with Gasteiger partial charge in [0.1, 0.15) is 11.6 Å². The number of nitrogens with zero attached hydrogens (tertiary/aromatic N) is 1. The van der Waals surface area contributed by atoms with Crippen LogP contribution < -0.4 is 5.32 Å². The van der Waals surface area contributed by atoms with E-state index < -0.39 is 5.97 Å². The quantitative estimate of drug-likeness (QED) is 0.716. The first-order chi connectivity index (χ1) is 6.74. The molecule has 14 heavy (non-hydrogen) atoms. The van der Waals surface area contributed by atoms with Gasteiger partial charge in [-0.15, -0.1) is 0 Å². The molecule has 0 aliphatic carbocycles. The lowest BCUT2D eigenvalue weighted by Crippen LogP contribution is -2.08. The molecule has 0 aromatic heterocycles. The van der Waals surface area contributed by atoms with Gasteiger partial charge in [0.05, 0.1) is 12.7 Å². The molecule has 0 bridgehead atoms. The Balaban J connectivity index is 3.35. The third kappa shape index (κ3) is 1.67. The zero-order chi connectivity index (χ0) is 10.6. The standard InChI is InChI=1S/C10H10N2O2/c1-12-8-5-3-4-7(6-11)9(8)10(13)14-2/h3-5,12H,1-2H3. The van der Waals surface area contributed by atoms with E-state index in [0.717, 1.165) is 0 Å². The van der Waals surface area contributed by atoms with Crippen molar-refractivity contribution in [1.82, 2.24) is 0 Å². The molecule has 1 rings (SSSR count). The summed E-state index contributed by atoms with van der Waals surface area (Å²) in [5.41, 5.74) is 1.18. The minimum absolute atomic E-state index is 0.278. The Bertz CT molecular complexity index is 394. The Labute approximate surface area is 82.1 Å². The number of methoxy groups -OCH3 is 1. The average molecular weight is 190 g/mol. The minimum atomic E-state index is -0.508. The lowest BCUT2D eigenvalue weighted by molar-refractivity contribution is 0.0601. The fourth-order valence-electron chi connectivity index (χ4n) is 1.18. The van der Waals surface area contributed by atoms with Crippen molar-refractivity contribution in [2.45, 2.75) is 0 Å². The van der Waals surface area contributed by atoms with Crippen LogP contribution in [0.5, 0.6) is 0 Å². The van der Waals surface area contributed by atoms with E-state index in [9.17, 15) is 4.79 Å². The number of ether oxygens (including phenoxy) is 1. The lowest BCUT2D eigenvalue weighted by Gasteiger charge is -2.07. The van der Waals surface area contributed by atoms with Gasteiger partial charge < -0.3 is 10.1 Å². The van der Waals surface area contributed by atoms with Gasteiger partial charge in [-0.25, -0.2) is 4.79 Å². The number of anilines is 1. The molecule has 0 spiro atoms. The molecule has 72 valence electrons. The summed E-state index contributed by atoms with van der Waals surface area (Å²) < 4.78 is 4.59. The van der Waals surface area contributed by atoms with E-state index in [0.29, 0.717) is 11.3 Å². The fourth-order valence-corrected chi connectivity index (χ4v) is 1.18. The summed E-state index contributed by atoms with van der Waals surface area (Å²) in [6, 6.07) is 6.94. The molecule has 1 N–H and O–H groups in total. The van der Waals surface area contributed by atoms with Crippen molar-refractivity contribution in [1.29, 1.82) is 5.26 Å². The molecule has 0 heterocycles. The molecule has 0 unspecified atom stereocenters. The van der Waals surface area contributed by atoms with Crippen LogP contribution in [0.4, 0.5) is 5.69 Å². The van der Waals surface area contributed by atoms with Gasteiger partial charge in [0.2, 0.25) is 0 Å². The highest BCUT2D eigenvalue weighted by atomic mass is 16.5. The van der Waals surface area contributed by atoms with Crippen LogP contribution in [0.3, 0.4) is 0 Å². The number of carbonyl (C=O) groups excluding carboxylic acids is 1. The Morgan fingerprint density at radius 2 is 2.29 bits per heavy atom. The van der Waals surface area contributed by atoms with E-state index in [4.69, 9.17) is 5.26 Å². The minimum Gasteiger partial charge on any atom is -0.465 e. The maximum Gasteiger partial charge on any atom is 0.341 e. The van der Waals surface area contributed by atoms with Gasteiger partial charge in [-0.3, -0.25) is 0 Å². The van der Waals surface area contributed by atoms with Crippen LogP contribution in [0.2, 0.25) is 0 Å². The monoisotopic (exact) mass is 190 g/mol. The summed E-state index contributed by atoms with van der Waals surface area (Å²) in [5, 5.41) is 11.6. The predicted molar refractivity (Wildman–Crippen MR) is 52.0 cm³/mol. The molecular weight excluding hydrogens is 180 g/mol. The number of hydrogen-bond donors (Lipinski definition) is 1. The van der Waals surface area contributed by atoms with Crippen LogP contribution in [0.1, 0.15) is 15.9 Å². The number of esters is 1. The topological polar surface area (TPSA) is 62.1 Å². The van der Waals surface area contributed by atoms with E-state index in [-0.39, 0.29) is 5.56 Å². The highest BCUT2D eigenvalue weighted by molar-refractivity contribution is 5.98. The maximum absolute atomic E-state index is 11.4.